The van der Waals surface area contributed by atoms with E-state index in [4.69, 9.17) is 0 Å². The number of hydrazone groups is 1. The van der Waals surface area contributed by atoms with Gasteiger partial charge in [-0.2, -0.15) is 13.5 Å². The fourth-order valence-corrected chi connectivity index (χ4v) is 3.53. The van der Waals surface area contributed by atoms with E-state index in [2.05, 4.69) is 9.93 Å². The van der Waals surface area contributed by atoms with E-state index in [1.165, 1.54) is 6.21 Å². The molecule has 0 bridgehead atoms. The standard InChI is InChI=1S/C19H19N3O2S/c1-22(2)17-12-10-15(11-13-17)14-20-21-25(23,24)19-9-5-7-16-6-3-4-8-18(16)19/h3-14,21H,1-2H3/b20-14-. The average Bonchev–Trinajstić information content (AvgIpc) is 2.61. The minimum absolute atomic E-state index is 0.214. The maximum Gasteiger partial charge on any atom is 0.277 e. The van der Waals surface area contributed by atoms with Gasteiger partial charge in [0, 0.05) is 25.2 Å². The lowest BCUT2D eigenvalue weighted by Crippen LogP contribution is -2.18. The molecule has 0 unspecified atom stereocenters. The largest absolute Gasteiger partial charge is 0.378 e. The zero-order valence-corrected chi connectivity index (χ0v) is 14.9. The van der Waals surface area contributed by atoms with Crippen LogP contribution in [0, 0.1) is 0 Å². The Hall–Kier alpha value is -2.86. The minimum Gasteiger partial charge on any atom is -0.378 e. The van der Waals surface area contributed by atoms with Crippen molar-refractivity contribution in [3.05, 3.63) is 72.3 Å². The average molecular weight is 353 g/mol. The van der Waals surface area contributed by atoms with Crippen LogP contribution in [0.15, 0.2) is 76.7 Å². The Labute approximate surface area is 147 Å². The first-order valence-corrected chi connectivity index (χ1v) is 9.26. The molecular formula is C19H19N3O2S. The number of benzene rings is 3. The summed E-state index contributed by atoms with van der Waals surface area (Å²) >= 11 is 0. The van der Waals surface area contributed by atoms with Crippen molar-refractivity contribution in [2.45, 2.75) is 4.90 Å². The molecule has 25 heavy (non-hydrogen) atoms. The molecule has 0 aliphatic heterocycles. The van der Waals surface area contributed by atoms with Crippen molar-refractivity contribution in [2.24, 2.45) is 5.10 Å². The molecule has 0 amide bonds. The van der Waals surface area contributed by atoms with E-state index in [9.17, 15) is 8.42 Å². The maximum atomic E-state index is 12.5. The molecule has 3 aromatic rings. The van der Waals surface area contributed by atoms with Gasteiger partial charge in [0.25, 0.3) is 10.0 Å². The molecular weight excluding hydrogens is 334 g/mol. The molecule has 3 aromatic carbocycles. The molecule has 6 heteroatoms. The van der Waals surface area contributed by atoms with Gasteiger partial charge in [0.15, 0.2) is 0 Å². The normalized spacial score (nSPS) is 11.8. The van der Waals surface area contributed by atoms with Gasteiger partial charge in [-0.1, -0.05) is 48.5 Å². The van der Waals surface area contributed by atoms with Crippen molar-refractivity contribution in [3.63, 3.8) is 0 Å². The van der Waals surface area contributed by atoms with E-state index in [1.807, 2.05) is 67.5 Å². The lowest BCUT2D eigenvalue weighted by atomic mass is 10.1. The molecule has 0 atom stereocenters. The molecule has 0 heterocycles. The highest BCUT2D eigenvalue weighted by Gasteiger charge is 2.15. The smallest absolute Gasteiger partial charge is 0.277 e. The topological polar surface area (TPSA) is 61.8 Å². The summed E-state index contributed by atoms with van der Waals surface area (Å²) in [5.41, 5.74) is 1.87. The highest BCUT2D eigenvalue weighted by atomic mass is 32.2. The first-order valence-electron chi connectivity index (χ1n) is 7.77. The highest BCUT2D eigenvalue weighted by Crippen LogP contribution is 2.22. The lowest BCUT2D eigenvalue weighted by Gasteiger charge is -2.11. The first kappa shape index (κ1) is 17.0. The molecule has 3 rings (SSSR count). The molecule has 0 aliphatic carbocycles. The number of nitrogens with zero attached hydrogens (tertiary/aromatic N) is 2. The van der Waals surface area contributed by atoms with E-state index in [-0.39, 0.29) is 4.90 Å². The fraction of sp³-hybridized carbons (Fsp3) is 0.105. The van der Waals surface area contributed by atoms with Crippen LogP contribution in [0.3, 0.4) is 0 Å². The van der Waals surface area contributed by atoms with Crippen molar-refractivity contribution < 1.29 is 8.42 Å². The molecule has 128 valence electrons. The van der Waals surface area contributed by atoms with E-state index in [0.717, 1.165) is 16.6 Å². The summed E-state index contributed by atoms with van der Waals surface area (Å²) in [6.07, 6.45) is 1.49. The maximum absolute atomic E-state index is 12.5. The van der Waals surface area contributed by atoms with Gasteiger partial charge in [0.05, 0.1) is 11.1 Å². The Morgan fingerprint density at radius 3 is 2.32 bits per heavy atom. The van der Waals surface area contributed by atoms with Crippen molar-refractivity contribution in [1.29, 1.82) is 0 Å². The fourth-order valence-electron chi connectivity index (χ4n) is 2.51. The molecule has 0 saturated heterocycles. The number of hydrogen-bond acceptors (Lipinski definition) is 4. The summed E-state index contributed by atoms with van der Waals surface area (Å²) in [5.74, 6) is 0. The molecule has 0 spiro atoms. The van der Waals surface area contributed by atoms with Crippen LogP contribution in [0.2, 0.25) is 0 Å². The van der Waals surface area contributed by atoms with Gasteiger partial charge in [-0.25, -0.2) is 4.83 Å². The Morgan fingerprint density at radius 1 is 0.920 bits per heavy atom. The number of nitrogens with one attached hydrogen (secondary N) is 1. The summed E-state index contributed by atoms with van der Waals surface area (Å²) in [6.45, 7) is 0. The molecule has 5 nitrogen and oxygen atoms in total. The summed E-state index contributed by atoms with van der Waals surface area (Å²) < 4.78 is 25.1. The molecule has 0 fully saturated rings. The van der Waals surface area contributed by atoms with Gasteiger partial charge in [-0.15, -0.1) is 0 Å². The van der Waals surface area contributed by atoms with Gasteiger partial charge in [-0.3, -0.25) is 0 Å². The second-order valence-electron chi connectivity index (χ2n) is 5.82. The summed E-state index contributed by atoms with van der Waals surface area (Å²) in [7, 11) is 0.185. The Balaban J connectivity index is 1.81. The third-order valence-electron chi connectivity index (χ3n) is 3.84. The van der Waals surface area contributed by atoms with Crippen LogP contribution in [-0.2, 0) is 10.0 Å². The number of hydrogen-bond donors (Lipinski definition) is 1. The molecule has 0 saturated carbocycles. The molecule has 1 N–H and O–H groups in total. The number of sulfonamides is 1. The van der Waals surface area contributed by atoms with Crippen LogP contribution in [0.4, 0.5) is 5.69 Å². The Morgan fingerprint density at radius 2 is 1.60 bits per heavy atom. The zero-order valence-electron chi connectivity index (χ0n) is 14.0. The predicted molar refractivity (Wildman–Crippen MR) is 103 cm³/mol. The van der Waals surface area contributed by atoms with Crippen LogP contribution < -0.4 is 9.73 Å². The van der Waals surface area contributed by atoms with Gasteiger partial charge < -0.3 is 4.90 Å². The van der Waals surface area contributed by atoms with Gasteiger partial charge in [0.2, 0.25) is 0 Å². The van der Waals surface area contributed by atoms with Crippen molar-refractivity contribution in [2.75, 3.05) is 19.0 Å². The van der Waals surface area contributed by atoms with E-state index in [1.54, 1.807) is 18.2 Å². The van der Waals surface area contributed by atoms with Crippen molar-refractivity contribution >= 4 is 32.7 Å². The van der Waals surface area contributed by atoms with Crippen LogP contribution >= 0.6 is 0 Å². The van der Waals surface area contributed by atoms with Gasteiger partial charge in [0.1, 0.15) is 0 Å². The number of anilines is 1. The number of rotatable bonds is 5. The third kappa shape index (κ3) is 3.80. The molecule has 0 aromatic heterocycles. The summed E-state index contributed by atoms with van der Waals surface area (Å²) in [5, 5.41) is 5.43. The van der Waals surface area contributed by atoms with E-state index >= 15 is 0 Å². The van der Waals surface area contributed by atoms with E-state index < -0.39 is 10.0 Å². The predicted octanol–water partition coefficient (Wildman–Crippen LogP) is 3.22. The Kier molecular flexibility index (Phi) is 4.72. The van der Waals surface area contributed by atoms with Crippen LogP contribution in [0.5, 0.6) is 0 Å². The van der Waals surface area contributed by atoms with E-state index in [0.29, 0.717) is 5.39 Å². The zero-order chi connectivity index (χ0) is 17.9. The quantitative estimate of drug-likeness (QED) is 0.566. The SMILES string of the molecule is CN(C)c1ccc(/C=N\NS(=O)(=O)c2cccc3ccccc23)cc1. The lowest BCUT2D eigenvalue weighted by molar-refractivity contribution is 0.585. The minimum atomic E-state index is -3.73. The van der Waals surface area contributed by atoms with Gasteiger partial charge >= 0.3 is 0 Å². The Bertz CT molecular complexity index is 1010. The summed E-state index contributed by atoms with van der Waals surface area (Å²) in [4.78, 5) is 4.49. The monoisotopic (exact) mass is 353 g/mol. The van der Waals surface area contributed by atoms with Gasteiger partial charge in [-0.05, 0) is 29.1 Å². The van der Waals surface area contributed by atoms with Crippen molar-refractivity contribution in [3.8, 4) is 0 Å². The van der Waals surface area contributed by atoms with Crippen molar-refractivity contribution in [1.82, 2.24) is 4.83 Å². The van der Waals surface area contributed by atoms with Crippen LogP contribution in [-0.4, -0.2) is 28.7 Å². The summed E-state index contributed by atoms with van der Waals surface area (Å²) in [6, 6.07) is 20.2. The highest BCUT2D eigenvalue weighted by molar-refractivity contribution is 7.89. The second kappa shape index (κ2) is 6.94. The molecule has 0 radical (unpaired) electrons. The molecule has 0 aliphatic rings. The van der Waals surface area contributed by atoms with Crippen LogP contribution in [0.1, 0.15) is 5.56 Å². The number of fused-ring (bicyclic) bond motifs is 1. The first-order chi connectivity index (χ1) is 12.0. The third-order valence-corrected chi connectivity index (χ3v) is 5.12. The van der Waals surface area contributed by atoms with Crippen LogP contribution in [0.25, 0.3) is 10.8 Å². The second-order valence-corrected chi connectivity index (χ2v) is 7.45.